The van der Waals surface area contributed by atoms with Crippen molar-refractivity contribution in [3.05, 3.63) is 0 Å². The SMILES string of the molecule is CCC1OC1CC(=O)OCC1OC1C. The summed E-state index contributed by atoms with van der Waals surface area (Å²) in [7, 11) is 0. The Bertz CT molecular complexity index is 228. The first-order valence-electron chi connectivity index (χ1n) is 5.17. The molecule has 0 bridgehead atoms. The van der Waals surface area contributed by atoms with Gasteiger partial charge >= 0.3 is 5.97 Å². The minimum Gasteiger partial charge on any atom is -0.463 e. The van der Waals surface area contributed by atoms with Crippen LogP contribution >= 0.6 is 0 Å². The van der Waals surface area contributed by atoms with Gasteiger partial charge in [0.2, 0.25) is 0 Å². The van der Waals surface area contributed by atoms with Crippen molar-refractivity contribution in [2.75, 3.05) is 6.61 Å². The minimum atomic E-state index is -0.173. The third-order valence-corrected chi connectivity index (χ3v) is 2.70. The molecule has 0 aliphatic carbocycles. The van der Waals surface area contributed by atoms with Crippen LogP contribution in [0.2, 0.25) is 0 Å². The molecule has 80 valence electrons. The van der Waals surface area contributed by atoms with Gasteiger partial charge in [0.1, 0.15) is 12.7 Å². The van der Waals surface area contributed by atoms with E-state index in [0.717, 1.165) is 6.42 Å². The fourth-order valence-electron chi connectivity index (χ4n) is 1.52. The molecule has 2 heterocycles. The molecule has 4 nitrogen and oxygen atoms in total. The standard InChI is InChI=1S/C10H16O4/c1-3-7-8(14-7)4-10(11)12-5-9-6(2)13-9/h6-9H,3-5H2,1-2H3. The van der Waals surface area contributed by atoms with Crippen molar-refractivity contribution in [2.45, 2.75) is 51.1 Å². The molecule has 0 amide bonds. The Morgan fingerprint density at radius 2 is 2.00 bits per heavy atom. The highest BCUT2D eigenvalue weighted by atomic mass is 16.6. The number of ether oxygens (including phenoxy) is 3. The van der Waals surface area contributed by atoms with Gasteiger partial charge in [-0.3, -0.25) is 4.79 Å². The lowest BCUT2D eigenvalue weighted by Gasteiger charge is -1.99. The molecule has 14 heavy (non-hydrogen) atoms. The van der Waals surface area contributed by atoms with Gasteiger partial charge in [0.15, 0.2) is 0 Å². The van der Waals surface area contributed by atoms with Crippen molar-refractivity contribution >= 4 is 5.97 Å². The third kappa shape index (κ3) is 2.45. The molecule has 0 radical (unpaired) electrons. The van der Waals surface area contributed by atoms with Crippen LogP contribution < -0.4 is 0 Å². The summed E-state index contributed by atoms with van der Waals surface area (Å²) < 4.78 is 15.4. The van der Waals surface area contributed by atoms with Crippen LogP contribution in [-0.2, 0) is 19.0 Å². The summed E-state index contributed by atoms with van der Waals surface area (Å²) in [4.78, 5) is 11.2. The average Bonchev–Trinajstić information content (AvgIpc) is 3.02. The Hall–Kier alpha value is -0.610. The first kappa shape index (κ1) is 9.93. The maximum Gasteiger partial charge on any atom is 0.308 e. The smallest absolute Gasteiger partial charge is 0.308 e. The van der Waals surface area contributed by atoms with Crippen LogP contribution in [0.5, 0.6) is 0 Å². The predicted molar refractivity (Wildman–Crippen MR) is 48.9 cm³/mol. The summed E-state index contributed by atoms with van der Waals surface area (Å²) in [6.45, 7) is 4.41. The van der Waals surface area contributed by atoms with Gasteiger partial charge in [-0.2, -0.15) is 0 Å². The van der Waals surface area contributed by atoms with Crippen LogP contribution in [0.15, 0.2) is 0 Å². The summed E-state index contributed by atoms with van der Waals surface area (Å²) in [6, 6.07) is 0. The monoisotopic (exact) mass is 200 g/mol. The zero-order valence-corrected chi connectivity index (χ0v) is 8.56. The van der Waals surface area contributed by atoms with Gasteiger partial charge in [-0.15, -0.1) is 0 Å². The summed E-state index contributed by atoms with van der Waals surface area (Å²) in [5.74, 6) is -0.173. The molecule has 0 saturated carbocycles. The molecule has 4 atom stereocenters. The van der Waals surface area contributed by atoms with Crippen LogP contribution in [0.4, 0.5) is 0 Å². The Morgan fingerprint density at radius 1 is 1.29 bits per heavy atom. The second-order valence-corrected chi connectivity index (χ2v) is 3.89. The highest BCUT2D eigenvalue weighted by Gasteiger charge is 2.40. The van der Waals surface area contributed by atoms with E-state index in [1.807, 2.05) is 6.92 Å². The van der Waals surface area contributed by atoms with Crippen molar-refractivity contribution in [3.8, 4) is 0 Å². The van der Waals surface area contributed by atoms with Gasteiger partial charge in [-0.25, -0.2) is 0 Å². The van der Waals surface area contributed by atoms with Crippen molar-refractivity contribution < 1.29 is 19.0 Å². The lowest BCUT2D eigenvalue weighted by atomic mass is 10.2. The number of epoxide rings is 2. The van der Waals surface area contributed by atoms with E-state index in [9.17, 15) is 4.79 Å². The Balaban J connectivity index is 1.55. The fourth-order valence-corrected chi connectivity index (χ4v) is 1.52. The zero-order chi connectivity index (χ0) is 10.1. The maximum absolute atomic E-state index is 11.2. The van der Waals surface area contributed by atoms with Gasteiger partial charge in [-0.05, 0) is 13.3 Å². The molecule has 2 rings (SSSR count). The lowest BCUT2D eigenvalue weighted by Crippen LogP contribution is -2.13. The summed E-state index contributed by atoms with van der Waals surface area (Å²) >= 11 is 0. The molecule has 0 N–H and O–H groups in total. The Labute approximate surface area is 83.5 Å². The topological polar surface area (TPSA) is 51.4 Å². The highest BCUT2D eigenvalue weighted by molar-refractivity contribution is 5.70. The van der Waals surface area contributed by atoms with E-state index in [4.69, 9.17) is 14.2 Å². The molecule has 2 aliphatic rings. The van der Waals surface area contributed by atoms with Gasteiger partial charge in [0.05, 0.1) is 24.7 Å². The summed E-state index contributed by atoms with van der Waals surface area (Å²) in [5, 5.41) is 0. The van der Waals surface area contributed by atoms with E-state index >= 15 is 0 Å². The zero-order valence-electron chi connectivity index (χ0n) is 8.56. The summed E-state index contributed by atoms with van der Waals surface area (Å²) in [6.07, 6.45) is 2.12. The van der Waals surface area contributed by atoms with E-state index < -0.39 is 0 Å². The highest BCUT2D eigenvalue weighted by Crippen LogP contribution is 2.28. The van der Waals surface area contributed by atoms with Crippen LogP contribution in [0.1, 0.15) is 26.7 Å². The molecule has 0 spiro atoms. The molecule has 2 saturated heterocycles. The van der Waals surface area contributed by atoms with Gasteiger partial charge < -0.3 is 14.2 Å². The number of hydrogen-bond donors (Lipinski definition) is 0. The molecule has 0 aromatic carbocycles. The molecule has 0 aromatic heterocycles. The normalized spacial score (nSPS) is 39.3. The van der Waals surface area contributed by atoms with Crippen LogP contribution in [0.3, 0.4) is 0 Å². The van der Waals surface area contributed by atoms with Crippen molar-refractivity contribution in [1.29, 1.82) is 0 Å². The number of carbonyl (C=O) groups excluding carboxylic acids is 1. The predicted octanol–water partition coefficient (Wildman–Crippen LogP) is 0.884. The van der Waals surface area contributed by atoms with Crippen molar-refractivity contribution in [3.63, 3.8) is 0 Å². The average molecular weight is 200 g/mol. The van der Waals surface area contributed by atoms with E-state index in [1.165, 1.54) is 0 Å². The van der Waals surface area contributed by atoms with Crippen LogP contribution in [-0.4, -0.2) is 37.0 Å². The lowest BCUT2D eigenvalue weighted by molar-refractivity contribution is -0.144. The second-order valence-electron chi connectivity index (χ2n) is 3.89. The number of carbonyl (C=O) groups is 1. The third-order valence-electron chi connectivity index (χ3n) is 2.70. The van der Waals surface area contributed by atoms with E-state index in [-0.39, 0.29) is 30.4 Å². The van der Waals surface area contributed by atoms with Gasteiger partial charge in [0, 0.05) is 0 Å². The Morgan fingerprint density at radius 3 is 2.50 bits per heavy atom. The number of rotatable bonds is 5. The first-order chi connectivity index (χ1) is 6.70. The maximum atomic E-state index is 11.2. The number of esters is 1. The number of hydrogen-bond acceptors (Lipinski definition) is 4. The van der Waals surface area contributed by atoms with Gasteiger partial charge in [0.25, 0.3) is 0 Å². The minimum absolute atomic E-state index is 0.102. The summed E-state index contributed by atoms with van der Waals surface area (Å²) in [5.41, 5.74) is 0. The molecular formula is C10H16O4. The molecule has 4 heteroatoms. The second kappa shape index (κ2) is 3.87. The molecule has 2 fully saturated rings. The molecule has 0 aromatic rings. The first-order valence-corrected chi connectivity index (χ1v) is 5.17. The molecular weight excluding hydrogens is 184 g/mol. The van der Waals surface area contributed by atoms with E-state index in [2.05, 4.69) is 6.92 Å². The van der Waals surface area contributed by atoms with Crippen molar-refractivity contribution in [2.24, 2.45) is 0 Å². The largest absolute Gasteiger partial charge is 0.463 e. The van der Waals surface area contributed by atoms with Crippen LogP contribution in [0, 0.1) is 0 Å². The van der Waals surface area contributed by atoms with Crippen molar-refractivity contribution in [1.82, 2.24) is 0 Å². The van der Waals surface area contributed by atoms with Crippen LogP contribution in [0.25, 0.3) is 0 Å². The Kier molecular flexibility index (Phi) is 2.74. The van der Waals surface area contributed by atoms with E-state index in [1.54, 1.807) is 0 Å². The fraction of sp³-hybridized carbons (Fsp3) is 0.900. The molecule has 2 aliphatic heterocycles. The van der Waals surface area contributed by atoms with Gasteiger partial charge in [-0.1, -0.05) is 6.92 Å². The quantitative estimate of drug-likeness (QED) is 0.488. The van der Waals surface area contributed by atoms with E-state index in [0.29, 0.717) is 13.0 Å². The molecule has 4 unspecified atom stereocenters.